The van der Waals surface area contributed by atoms with Gasteiger partial charge < -0.3 is 15.4 Å². The molecular formula is C27H23F3N6O2. The number of alkyl halides is 3. The smallest absolute Gasteiger partial charge is 0.383 e. The van der Waals surface area contributed by atoms with Gasteiger partial charge in [-0.15, -0.1) is 0 Å². The monoisotopic (exact) mass is 520 g/mol. The second kappa shape index (κ2) is 9.02. The maximum Gasteiger partial charge on any atom is 0.435 e. The Morgan fingerprint density at radius 3 is 2.63 bits per heavy atom. The number of halogens is 3. The number of nitrogens with two attached hydrogens (primary N) is 1. The summed E-state index contributed by atoms with van der Waals surface area (Å²) < 4.78 is 47.5. The minimum Gasteiger partial charge on any atom is -0.383 e. The number of hydrogen-bond acceptors (Lipinski definition) is 7. The molecule has 11 heteroatoms. The molecular weight excluding hydrogens is 497 g/mol. The second-order valence-electron chi connectivity index (χ2n) is 9.56. The highest BCUT2D eigenvalue weighted by Gasteiger charge is 2.38. The Bertz CT molecular complexity index is 1550. The summed E-state index contributed by atoms with van der Waals surface area (Å²) in [6.45, 7) is 2.13. The van der Waals surface area contributed by atoms with Crippen molar-refractivity contribution in [2.45, 2.75) is 51.1 Å². The van der Waals surface area contributed by atoms with E-state index < -0.39 is 17.8 Å². The Labute approximate surface area is 215 Å². The van der Waals surface area contributed by atoms with E-state index >= 15 is 0 Å². The maximum absolute atomic E-state index is 13.9. The number of nitrogen functional groups attached to an aromatic ring is 1. The van der Waals surface area contributed by atoms with Gasteiger partial charge in [0.05, 0.1) is 36.0 Å². The van der Waals surface area contributed by atoms with Gasteiger partial charge in [0, 0.05) is 35.5 Å². The van der Waals surface area contributed by atoms with Gasteiger partial charge in [-0.2, -0.15) is 13.2 Å². The van der Waals surface area contributed by atoms with Gasteiger partial charge in [0.1, 0.15) is 11.6 Å². The fraction of sp³-hybridized carbons (Fsp3) is 0.296. The van der Waals surface area contributed by atoms with E-state index in [2.05, 4.69) is 19.9 Å². The molecule has 1 aliphatic heterocycles. The van der Waals surface area contributed by atoms with Gasteiger partial charge in [0.15, 0.2) is 5.69 Å². The number of benzene rings is 1. The number of carbonyl (C=O) groups is 1. The third kappa shape index (κ3) is 4.32. The maximum atomic E-state index is 13.9. The molecule has 0 radical (unpaired) electrons. The van der Waals surface area contributed by atoms with E-state index in [-0.39, 0.29) is 29.8 Å². The normalized spacial score (nSPS) is 17.0. The Kier molecular flexibility index (Phi) is 5.75. The van der Waals surface area contributed by atoms with Gasteiger partial charge in [-0.3, -0.25) is 4.79 Å². The first-order chi connectivity index (χ1) is 18.2. The fourth-order valence-corrected chi connectivity index (χ4v) is 4.85. The van der Waals surface area contributed by atoms with Crippen LogP contribution in [0.1, 0.15) is 70.4 Å². The number of ether oxygens (including phenoxy) is 1. The van der Waals surface area contributed by atoms with Crippen LogP contribution in [0, 0.1) is 0 Å². The highest BCUT2D eigenvalue weighted by atomic mass is 19.4. The summed E-state index contributed by atoms with van der Waals surface area (Å²) in [6, 6.07) is 7.92. The minimum atomic E-state index is -4.77. The third-order valence-electron chi connectivity index (χ3n) is 6.91. The number of nitrogens with zero attached hydrogens (tertiary/aromatic N) is 5. The molecule has 1 aromatic carbocycles. The first-order valence-electron chi connectivity index (χ1n) is 12.2. The molecule has 38 heavy (non-hydrogen) atoms. The van der Waals surface area contributed by atoms with Gasteiger partial charge in [0.2, 0.25) is 0 Å². The summed E-state index contributed by atoms with van der Waals surface area (Å²) in [5.74, 6) is 0.587. The summed E-state index contributed by atoms with van der Waals surface area (Å²) in [5, 5.41) is 0.849. The van der Waals surface area contributed by atoms with Crippen molar-refractivity contribution >= 4 is 28.3 Å². The van der Waals surface area contributed by atoms with Crippen LogP contribution in [0.5, 0.6) is 0 Å². The number of carbonyl (C=O) groups excluding carboxylic acids is 1. The predicted octanol–water partition coefficient (Wildman–Crippen LogP) is 5.34. The first kappa shape index (κ1) is 24.2. The predicted molar refractivity (Wildman–Crippen MR) is 133 cm³/mol. The van der Waals surface area contributed by atoms with E-state index in [0.29, 0.717) is 29.3 Å². The van der Waals surface area contributed by atoms with Gasteiger partial charge in [-0.1, -0.05) is 12.1 Å². The molecule has 1 atom stereocenters. The van der Waals surface area contributed by atoms with Gasteiger partial charge in [0.25, 0.3) is 5.91 Å². The number of anilines is 2. The van der Waals surface area contributed by atoms with Crippen molar-refractivity contribution in [3.8, 4) is 0 Å². The first-order valence-corrected chi connectivity index (χ1v) is 12.2. The van der Waals surface area contributed by atoms with E-state index in [1.54, 1.807) is 12.1 Å². The van der Waals surface area contributed by atoms with Crippen LogP contribution in [0.2, 0.25) is 0 Å². The zero-order chi connectivity index (χ0) is 26.6. The van der Waals surface area contributed by atoms with Crippen molar-refractivity contribution in [3.05, 3.63) is 82.7 Å². The molecule has 4 aromatic rings. The van der Waals surface area contributed by atoms with Gasteiger partial charge >= 0.3 is 6.18 Å². The second-order valence-corrected chi connectivity index (χ2v) is 9.56. The highest BCUT2D eigenvalue weighted by Crippen LogP contribution is 2.40. The molecule has 0 spiro atoms. The molecule has 194 valence electrons. The van der Waals surface area contributed by atoms with Crippen LogP contribution in [-0.2, 0) is 24.1 Å². The van der Waals surface area contributed by atoms with E-state index in [0.717, 1.165) is 40.5 Å². The molecule has 4 heterocycles. The summed E-state index contributed by atoms with van der Waals surface area (Å²) >= 11 is 0. The summed E-state index contributed by atoms with van der Waals surface area (Å²) in [7, 11) is 0. The van der Waals surface area contributed by atoms with Crippen molar-refractivity contribution in [2.24, 2.45) is 0 Å². The van der Waals surface area contributed by atoms with Crippen LogP contribution in [0.25, 0.3) is 10.9 Å². The Morgan fingerprint density at radius 2 is 1.92 bits per heavy atom. The van der Waals surface area contributed by atoms with Crippen molar-refractivity contribution in [1.29, 1.82) is 0 Å². The molecule has 1 saturated carbocycles. The standard InChI is InChI=1S/C27H23F3N6O2/c1-14-22-19(13-38-14)18-7-4-15(9-20(18)35-24(22)31)12-36(21-3-2-8-32-23(21)27(28,29)30)26(37)17-10-33-25(34-11-17)16-5-6-16/h2-4,7-11,14,16H,5-6,12-13H2,1H3,(H2,31,35)/t14-/m1/s1. The molecule has 3 aromatic heterocycles. The number of aromatic nitrogens is 4. The van der Waals surface area contributed by atoms with Crippen molar-refractivity contribution in [1.82, 2.24) is 19.9 Å². The number of hydrogen-bond donors (Lipinski definition) is 1. The molecule has 1 aliphatic carbocycles. The molecule has 1 fully saturated rings. The fourth-order valence-electron chi connectivity index (χ4n) is 4.85. The molecule has 2 N–H and O–H groups in total. The molecule has 8 nitrogen and oxygen atoms in total. The average molecular weight is 521 g/mol. The lowest BCUT2D eigenvalue weighted by Gasteiger charge is -2.25. The van der Waals surface area contributed by atoms with E-state index in [1.807, 2.05) is 13.0 Å². The number of rotatable bonds is 5. The SMILES string of the molecule is C[C@H]1OCc2c1c(N)nc1cc(CN(C(=O)c3cnc(C4CC4)nc3)c3cccnc3C(F)(F)F)ccc21. The van der Waals surface area contributed by atoms with Gasteiger partial charge in [-0.25, -0.2) is 19.9 Å². The van der Waals surface area contributed by atoms with E-state index in [4.69, 9.17) is 10.5 Å². The summed E-state index contributed by atoms with van der Waals surface area (Å²) in [6.07, 6.45) is 0.818. The number of amides is 1. The van der Waals surface area contributed by atoms with Gasteiger partial charge in [-0.05, 0) is 49.1 Å². The van der Waals surface area contributed by atoms with Crippen LogP contribution in [0.15, 0.2) is 48.9 Å². The lowest BCUT2D eigenvalue weighted by Crippen LogP contribution is -2.33. The average Bonchev–Trinajstić information content (AvgIpc) is 3.68. The van der Waals surface area contributed by atoms with Crippen LogP contribution in [0.3, 0.4) is 0 Å². The Balaban J connectivity index is 1.41. The Morgan fingerprint density at radius 1 is 1.16 bits per heavy atom. The largest absolute Gasteiger partial charge is 0.435 e. The zero-order valence-corrected chi connectivity index (χ0v) is 20.4. The number of pyridine rings is 2. The molecule has 6 rings (SSSR count). The van der Waals surface area contributed by atoms with Crippen LogP contribution >= 0.6 is 0 Å². The molecule has 0 bridgehead atoms. The molecule has 0 saturated heterocycles. The van der Waals surface area contributed by atoms with E-state index in [1.165, 1.54) is 24.5 Å². The lowest BCUT2D eigenvalue weighted by molar-refractivity contribution is -0.140. The lowest BCUT2D eigenvalue weighted by atomic mass is 10.0. The number of fused-ring (bicyclic) bond motifs is 3. The zero-order valence-electron chi connectivity index (χ0n) is 20.4. The summed E-state index contributed by atoms with van der Waals surface area (Å²) in [5.41, 5.74) is 7.69. The third-order valence-corrected chi connectivity index (χ3v) is 6.91. The van der Waals surface area contributed by atoms with Crippen LogP contribution in [0.4, 0.5) is 24.7 Å². The van der Waals surface area contributed by atoms with Crippen LogP contribution in [-0.4, -0.2) is 25.8 Å². The van der Waals surface area contributed by atoms with Crippen molar-refractivity contribution in [2.75, 3.05) is 10.6 Å². The van der Waals surface area contributed by atoms with Crippen molar-refractivity contribution in [3.63, 3.8) is 0 Å². The quantitative estimate of drug-likeness (QED) is 0.379. The minimum absolute atomic E-state index is 0.0819. The Hall–Kier alpha value is -4.12. The molecule has 2 aliphatic rings. The highest BCUT2D eigenvalue weighted by molar-refractivity contribution is 6.06. The van der Waals surface area contributed by atoms with Crippen molar-refractivity contribution < 1.29 is 22.7 Å². The topological polar surface area (TPSA) is 107 Å². The summed E-state index contributed by atoms with van der Waals surface area (Å²) in [4.78, 5) is 31.3. The van der Waals surface area contributed by atoms with E-state index in [9.17, 15) is 18.0 Å². The molecule has 1 amide bonds. The van der Waals surface area contributed by atoms with Crippen LogP contribution < -0.4 is 10.6 Å². The molecule has 0 unspecified atom stereocenters.